The van der Waals surface area contributed by atoms with Gasteiger partial charge in [0.2, 0.25) is 0 Å². The van der Waals surface area contributed by atoms with Crippen molar-refractivity contribution in [3.63, 3.8) is 0 Å². The van der Waals surface area contributed by atoms with Crippen LogP contribution in [0.5, 0.6) is 0 Å². The number of hydrogen-bond acceptors (Lipinski definition) is 0. The molecule has 1 unspecified atom stereocenters. The molecule has 0 aliphatic heterocycles. The predicted octanol–water partition coefficient (Wildman–Crippen LogP) is 3.35. The Labute approximate surface area is 249 Å². The fourth-order valence-corrected chi connectivity index (χ4v) is 3.95. The molecular formula is C31H40Cl2SiZr. The molecule has 0 N–H and O–H groups in total. The average molecular weight is 603 g/mol. The molecule has 0 heterocycles. The van der Waals surface area contributed by atoms with Crippen molar-refractivity contribution in [2.75, 3.05) is 0 Å². The summed E-state index contributed by atoms with van der Waals surface area (Å²) in [5.41, 5.74) is 9.80. The summed E-state index contributed by atoms with van der Waals surface area (Å²) in [4.78, 5) is 0. The van der Waals surface area contributed by atoms with Gasteiger partial charge in [-0.1, -0.05) is 103 Å². The molecule has 0 spiro atoms. The summed E-state index contributed by atoms with van der Waals surface area (Å²) in [6.45, 7) is 21.9. The molecule has 0 amide bonds. The third kappa shape index (κ3) is 9.88. The Hall–Kier alpha value is -0.790. The molecule has 0 saturated heterocycles. The second-order valence-corrected chi connectivity index (χ2v) is 11.0. The van der Waals surface area contributed by atoms with Crippen molar-refractivity contribution in [1.29, 1.82) is 0 Å². The molecule has 1 aliphatic carbocycles. The Balaban J connectivity index is 0. The Kier molecular flexibility index (Phi) is 16.8. The first-order valence-corrected chi connectivity index (χ1v) is 13.6. The maximum Gasteiger partial charge on any atom is 4.00 e. The molecule has 0 aromatic heterocycles. The van der Waals surface area contributed by atoms with E-state index in [9.17, 15) is 0 Å². The number of fused-ring (bicyclic) bond motifs is 1. The summed E-state index contributed by atoms with van der Waals surface area (Å²) in [7, 11) is 1.08. The van der Waals surface area contributed by atoms with Gasteiger partial charge in [-0.25, -0.2) is 5.57 Å². The van der Waals surface area contributed by atoms with E-state index in [1.54, 1.807) is 0 Å². The first-order valence-electron chi connectivity index (χ1n) is 11.6. The second kappa shape index (κ2) is 16.1. The first-order chi connectivity index (χ1) is 15.0. The number of benzene rings is 2. The molecule has 1 atom stereocenters. The molecule has 0 saturated carbocycles. The van der Waals surface area contributed by atoms with Crippen LogP contribution in [0.2, 0.25) is 13.1 Å². The van der Waals surface area contributed by atoms with E-state index in [4.69, 9.17) is 0 Å². The molecule has 3 aromatic carbocycles. The SMILES string of the molecule is CC1=[C-]C(C)C(C)=C1C.C[Si]C.Cc1cc2c(-c3ccc(C(C)(C)C)cc3)cccc2[cH-]1.[Cl-].[Cl-].[Zr+4]. The first kappa shape index (κ1) is 36.4. The van der Waals surface area contributed by atoms with Gasteiger partial charge in [-0.2, -0.15) is 17.2 Å². The zero-order valence-corrected chi connectivity index (χ0v) is 28.0. The van der Waals surface area contributed by atoms with E-state index in [2.05, 4.69) is 129 Å². The van der Waals surface area contributed by atoms with E-state index in [-0.39, 0.29) is 56.4 Å². The number of hydrogen-bond donors (Lipinski definition) is 0. The molecule has 3 aromatic rings. The molecule has 0 nitrogen and oxygen atoms in total. The van der Waals surface area contributed by atoms with Crippen LogP contribution in [0.15, 0.2) is 71.3 Å². The fourth-order valence-electron chi connectivity index (χ4n) is 3.95. The topological polar surface area (TPSA) is 0 Å². The molecule has 0 bridgehead atoms. The van der Waals surface area contributed by atoms with Crippen molar-refractivity contribution in [2.24, 2.45) is 5.92 Å². The Morgan fingerprint density at radius 2 is 1.43 bits per heavy atom. The minimum Gasteiger partial charge on any atom is -1.00 e. The normalized spacial score (nSPS) is 14.3. The third-order valence-corrected chi connectivity index (χ3v) is 6.19. The van der Waals surface area contributed by atoms with Crippen molar-refractivity contribution in [1.82, 2.24) is 0 Å². The van der Waals surface area contributed by atoms with E-state index in [0.717, 1.165) is 9.52 Å². The van der Waals surface area contributed by atoms with E-state index in [1.807, 2.05) is 0 Å². The van der Waals surface area contributed by atoms with Gasteiger partial charge < -0.3 is 24.8 Å². The zero-order chi connectivity index (χ0) is 24.1. The quantitative estimate of drug-likeness (QED) is 0.296. The Bertz CT molecular complexity index is 1100. The number of halogens is 2. The van der Waals surface area contributed by atoms with Crippen molar-refractivity contribution in [3.05, 3.63) is 88.5 Å². The van der Waals surface area contributed by atoms with E-state index in [0.29, 0.717) is 5.92 Å². The van der Waals surface area contributed by atoms with Gasteiger partial charge in [0.25, 0.3) is 0 Å². The van der Waals surface area contributed by atoms with Crippen LogP contribution in [0.25, 0.3) is 21.9 Å². The number of allylic oxidation sites excluding steroid dienone is 4. The van der Waals surface area contributed by atoms with Crippen molar-refractivity contribution < 1.29 is 51.0 Å². The summed E-state index contributed by atoms with van der Waals surface area (Å²) in [5.74, 6) is 0.560. The minimum absolute atomic E-state index is 0. The summed E-state index contributed by atoms with van der Waals surface area (Å²) >= 11 is 0. The van der Waals surface area contributed by atoms with Gasteiger partial charge in [0.1, 0.15) is 0 Å². The van der Waals surface area contributed by atoms with Crippen LogP contribution in [-0.2, 0) is 31.6 Å². The third-order valence-electron chi connectivity index (χ3n) is 6.19. The van der Waals surface area contributed by atoms with E-state index < -0.39 is 0 Å². The van der Waals surface area contributed by atoms with Gasteiger partial charge in [0.15, 0.2) is 0 Å². The van der Waals surface area contributed by atoms with Gasteiger partial charge in [-0.05, 0) is 16.5 Å². The standard InChI is InChI=1S/C20H21.C9H13.C2H6Si.2ClH.Zr/c1-14-12-16-6-5-7-18(19(16)13-14)15-8-10-17(11-9-15)20(2,3)4;1-6-5-7(2)9(4)8(6)3;1-3-2;;;/h5-13H,1-4H3;6H,1-4H3;1-2H3;2*1H;/q2*-1;;;;+4/p-2. The van der Waals surface area contributed by atoms with Crippen molar-refractivity contribution in [2.45, 2.75) is 73.9 Å². The smallest absolute Gasteiger partial charge is 1.00 e. The zero-order valence-electron chi connectivity index (χ0n) is 23.0. The summed E-state index contributed by atoms with van der Waals surface area (Å²) in [6.07, 6.45) is 3.36. The summed E-state index contributed by atoms with van der Waals surface area (Å²) in [5, 5.41) is 2.69. The van der Waals surface area contributed by atoms with E-state index in [1.165, 1.54) is 49.7 Å². The number of aryl methyl sites for hydroxylation is 1. The van der Waals surface area contributed by atoms with Crippen LogP contribution in [0.1, 0.15) is 59.6 Å². The summed E-state index contributed by atoms with van der Waals surface area (Å²) < 4.78 is 0. The molecular weight excluding hydrogens is 563 g/mol. The van der Waals surface area contributed by atoms with Gasteiger partial charge in [0, 0.05) is 9.52 Å². The van der Waals surface area contributed by atoms with Crippen molar-refractivity contribution in [3.8, 4) is 11.1 Å². The maximum atomic E-state index is 3.36. The van der Waals surface area contributed by atoms with E-state index >= 15 is 0 Å². The predicted molar refractivity (Wildman–Crippen MR) is 146 cm³/mol. The van der Waals surface area contributed by atoms with Crippen molar-refractivity contribution >= 4 is 20.3 Å². The average Bonchev–Trinajstić information content (AvgIpc) is 3.22. The number of rotatable bonds is 1. The largest absolute Gasteiger partial charge is 4.00 e. The Morgan fingerprint density at radius 3 is 1.83 bits per heavy atom. The Morgan fingerprint density at radius 1 is 0.886 bits per heavy atom. The van der Waals surface area contributed by atoms with Gasteiger partial charge >= 0.3 is 26.2 Å². The molecule has 186 valence electrons. The monoisotopic (exact) mass is 600 g/mol. The van der Waals surface area contributed by atoms with Gasteiger partial charge in [-0.3, -0.25) is 6.08 Å². The molecule has 2 radical (unpaired) electrons. The van der Waals surface area contributed by atoms with Gasteiger partial charge in [-0.15, -0.1) is 41.5 Å². The molecule has 4 heteroatoms. The van der Waals surface area contributed by atoms with Crippen LogP contribution < -0.4 is 24.8 Å². The maximum absolute atomic E-state index is 3.36. The van der Waals surface area contributed by atoms with Crippen LogP contribution in [0, 0.1) is 18.9 Å². The molecule has 0 fully saturated rings. The van der Waals surface area contributed by atoms with Crippen LogP contribution in [-0.4, -0.2) is 9.52 Å². The fraction of sp³-hybridized carbons (Fsp3) is 0.387. The second-order valence-electron chi connectivity index (χ2n) is 9.97. The molecule has 4 rings (SSSR count). The molecule has 35 heavy (non-hydrogen) atoms. The van der Waals surface area contributed by atoms with Gasteiger partial charge in [0.05, 0.1) is 0 Å². The summed E-state index contributed by atoms with van der Waals surface area (Å²) in [6, 6.07) is 20.1. The minimum atomic E-state index is 0. The molecule has 1 aliphatic rings. The van der Waals surface area contributed by atoms with Crippen LogP contribution in [0.3, 0.4) is 0 Å². The van der Waals surface area contributed by atoms with Crippen LogP contribution in [0.4, 0.5) is 0 Å². The van der Waals surface area contributed by atoms with Crippen LogP contribution >= 0.6 is 0 Å².